The minimum atomic E-state index is -0.396. The molecule has 0 radical (unpaired) electrons. The first-order valence-electron chi connectivity index (χ1n) is 8.41. The molecule has 4 heteroatoms. The average Bonchev–Trinajstić information content (AvgIpc) is 2.46. The molecular weight excluding hydrogens is 279 g/mol. The van der Waals surface area contributed by atoms with Gasteiger partial charge in [-0.2, -0.15) is 0 Å². The van der Waals surface area contributed by atoms with Crippen molar-refractivity contribution in [1.82, 2.24) is 5.32 Å². The largest absolute Gasteiger partial charge is 0.337 e. The quantitative estimate of drug-likeness (QED) is 0.864. The van der Waals surface area contributed by atoms with E-state index in [2.05, 4.69) is 10.6 Å². The topological polar surface area (TPSA) is 41.1 Å². The fourth-order valence-electron chi connectivity index (χ4n) is 5.50. The van der Waals surface area contributed by atoms with Crippen LogP contribution in [0.15, 0.2) is 24.3 Å². The number of hydrogen-bond acceptors (Lipinski definition) is 1. The molecule has 0 aromatic heterocycles. The number of urea groups is 1. The van der Waals surface area contributed by atoms with Gasteiger partial charge in [-0.05, 0) is 73.8 Å². The first-order valence-corrected chi connectivity index (χ1v) is 8.41. The molecule has 3 nitrogen and oxygen atoms in total. The molecule has 4 fully saturated rings. The Labute approximate surface area is 130 Å². The molecule has 22 heavy (non-hydrogen) atoms. The summed E-state index contributed by atoms with van der Waals surface area (Å²) in [6.07, 6.45) is 8.00. The van der Waals surface area contributed by atoms with Crippen molar-refractivity contribution in [3.8, 4) is 0 Å². The summed E-state index contributed by atoms with van der Waals surface area (Å²) in [5.74, 6) is 2.24. The van der Waals surface area contributed by atoms with E-state index in [1.165, 1.54) is 44.6 Å². The molecule has 0 spiro atoms. The van der Waals surface area contributed by atoms with Gasteiger partial charge in [-0.15, -0.1) is 0 Å². The van der Waals surface area contributed by atoms with Crippen molar-refractivity contribution in [1.29, 1.82) is 0 Å². The van der Waals surface area contributed by atoms with E-state index in [1.807, 2.05) is 0 Å². The lowest BCUT2D eigenvalue weighted by atomic mass is 9.49. The lowest BCUT2D eigenvalue weighted by Gasteiger charge is -2.56. The molecule has 0 heterocycles. The number of carbonyl (C=O) groups is 1. The fourth-order valence-corrected chi connectivity index (χ4v) is 5.50. The van der Waals surface area contributed by atoms with Gasteiger partial charge in [0.2, 0.25) is 0 Å². The third-order valence-corrected chi connectivity index (χ3v) is 5.91. The Balaban J connectivity index is 1.37. The van der Waals surface area contributed by atoms with Crippen LogP contribution in [0.1, 0.15) is 38.5 Å². The summed E-state index contributed by atoms with van der Waals surface area (Å²) in [4.78, 5) is 12.1. The molecule has 2 N–H and O–H groups in total. The minimum absolute atomic E-state index is 0.241. The molecule has 0 atom stereocenters. The number of carbonyl (C=O) groups excluding carboxylic acids is 1. The van der Waals surface area contributed by atoms with Crippen molar-refractivity contribution < 1.29 is 9.18 Å². The molecule has 0 aliphatic heterocycles. The summed E-state index contributed by atoms with van der Waals surface area (Å²) < 4.78 is 13.6. The molecule has 4 aliphatic rings. The first kappa shape index (κ1) is 14.0. The van der Waals surface area contributed by atoms with E-state index >= 15 is 0 Å². The number of benzene rings is 1. The van der Waals surface area contributed by atoms with Crippen molar-refractivity contribution in [2.24, 2.45) is 23.2 Å². The maximum absolute atomic E-state index is 13.6. The number of anilines is 1. The Hall–Kier alpha value is -1.58. The number of para-hydroxylation sites is 1. The van der Waals surface area contributed by atoms with Crippen molar-refractivity contribution >= 4 is 11.7 Å². The maximum Gasteiger partial charge on any atom is 0.319 e. The Morgan fingerprint density at radius 2 is 1.68 bits per heavy atom. The summed E-state index contributed by atoms with van der Waals surface area (Å²) in [5, 5.41) is 5.62. The van der Waals surface area contributed by atoms with Crippen LogP contribution in [0.25, 0.3) is 0 Å². The summed E-state index contributed by atoms with van der Waals surface area (Å²) in [7, 11) is 0. The van der Waals surface area contributed by atoms with E-state index in [0.29, 0.717) is 5.41 Å². The van der Waals surface area contributed by atoms with Crippen LogP contribution < -0.4 is 10.6 Å². The van der Waals surface area contributed by atoms with Crippen molar-refractivity contribution in [3.05, 3.63) is 30.1 Å². The van der Waals surface area contributed by atoms with E-state index in [1.54, 1.807) is 18.2 Å². The van der Waals surface area contributed by atoms with Crippen LogP contribution in [0.3, 0.4) is 0 Å². The van der Waals surface area contributed by atoms with E-state index in [9.17, 15) is 9.18 Å². The zero-order chi connectivity index (χ0) is 15.2. The molecule has 1 aromatic carbocycles. The maximum atomic E-state index is 13.6. The van der Waals surface area contributed by atoms with Gasteiger partial charge in [0.1, 0.15) is 5.82 Å². The second-order valence-electron chi connectivity index (χ2n) is 7.71. The highest BCUT2D eigenvalue weighted by atomic mass is 19.1. The van der Waals surface area contributed by atoms with Gasteiger partial charge < -0.3 is 10.6 Å². The van der Waals surface area contributed by atoms with E-state index in [4.69, 9.17) is 0 Å². The van der Waals surface area contributed by atoms with E-state index < -0.39 is 5.82 Å². The van der Waals surface area contributed by atoms with Gasteiger partial charge >= 0.3 is 6.03 Å². The molecule has 2 amide bonds. The van der Waals surface area contributed by atoms with Crippen LogP contribution in [-0.2, 0) is 0 Å². The molecule has 4 bridgehead atoms. The van der Waals surface area contributed by atoms with Gasteiger partial charge in [0.25, 0.3) is 0 Å². The summed E-state index contributed by atoms with van der Waals surface area (Å²) in [6, 6.07) is 5.99. The number of nitrogens with one attached hydrogen (secondary N) is 2. The molecule has 0 saturated heterocycles. The lowest BCUT2D eigenvalue weighted by Crippen LogP contribution is -2.51. The highest BCUT2D eigenvalue weighted by molar-refractivity contribution is 5.89. The fraction of sp³-hybridized carbons (Fsp3) is 0.611. The summed E-state index contributed by atoms with van der Waals surface area (Å²) >= 11 is 0. The van der Waals surface area contributed by atoms with E-state index in [-0.39, 0.29) is 11.7 Å². The summed E-state index contributed by atoms with van der Waals surface area (Å²) in [5.41, 5.74) is 0.548. The Kier molecular flexibility index (Phi) is 3.35. The van der Waals surface area contributed by atoms with E-state index in [0.717, 1.165) is 24.3 Å². The van der Waals surface area contributed by atoms with Gasteiger partial charge in [0, 0.05) is 6.54 Å². The number of hydrogen-bond donors (Lipinski definition) is 2. The third-order valence-electron chi connectivity index (χ3n) is 5.91. The lowest BCUT2D eigenvalue weighted by molar-refractivity contribution is -0.0496. The predicted molar refractivity (Wildman–Crippen MR) is 84.0 cm³/mol. The molecule has 5 rings (SSSR count). The van der Waals surface area contributed by atoms with Crippen LogP contribution >= 0.6 is 0 Å². The zero-order valence-corrected chi connectivity index (χ0v) is 12.8. The first-order chi connectivity index (χ1) is 10.6. The highest BCUT2D eigenvalue weighted by Gasteiger charge is 2.50. The number of halogens is 1. The molecule has 0 unspecified atom stereocenters. The summed E-state index contributed by atoms with van der Waals surface area (Å²) in [6.45, 7) is 0.733. The van der Waals surface area contributed by atoms with Gasteiger partial charge in [0.15, 0.2) is 0 Å². The highest BCUT2D eigenvalue weighted by Crippen LogP contribution is 2.59. The van der Waals surface area contributed by atoms with Crippen LogP contribution in [-0.4, -0.2) is 12.6 Å². The van der Waals surface area contributed by atoms with Gasteiger partial charge in [-0.3, -0.25) is 0 Å². The van der Waals surface area contributed by atoms with Gasteiger partial charge in [0.05, 0.1) is 5.69 Å². The van der Waals surface area contributed by atoms with Crippen LogP contribution in [0.2, 0.25) is 0 Å². The zero-order valence-electron chi connectivity index (χ0n) is 12.8. The Morgan fingerprint density at radius 3 is 2.27 bits per heavy atom. The van der Waals surface area contributed by atoms with Crippen molar-refractivity contribution in [2.75, 3.05) is 11.9 Å². The van der Waals surface area contributed by atoms with Crippen LogP contribution in [0, 0.1) is 29.0 Å². The van der Waals surface area contributed by atoms with Crippen LogP contribution in [0.4, 0.5) is 14.9 Å². The number of rotatable bonds is 3. The smallest absolute Gasteiger partial charge is 0.319 e. The Morgan fingerprint density at radius 1 is 1.09 bits per heavy atom. The van der Waals surface area contributed by atoms with Crippen molar-refractivity contribution in [3.63, 3.8) is 0 Å². The van der Waals surface area contributed by atoms with Crippen molar-refractivity contribution in [2.45, 2.75) is 38.5 Å². The molecule has 118 valence electrons. The number of amides is 2. The standard InChI is InChI=1S/C18H23FN2O/c19-15-3-1-2-4-16(15)21-17(22)20-11-18-8-12-5-13(9-18)7-14(6-12)10-18/h1-4,12-14H,5-11H2,(H2,20,21,22). The SMILES string of the molecule is O=C(NCC12CC3CC(CC(C3)C1)C2)Nc1ccccc1F. The second kappa shape index (κ2) is 5.25. The van der Waals surface area contributed by atoms with Gasteiger partial charge in [-0.1, -0.05) is 12.1 Å². The predicted octanol–water partition coefficient (Wildman–Crippen LogP) is 4.16. The monoisotopic (exact) mass is 302 g/mol. The molecule has 4 aliphatic carbocycles. The normalized spacial score (nSPS) is 35.4. The Bertz CT molecular complexity index is 551. The average molecular weight is 302 g/mol. The minimum Gasteiger partial charge on any atom is -0.337 e. The third kappa shape index (κ3) is 2.59. The molecule has 4 saturated carbocycles. The molecule has 1 aromatic rings. The molecular formula is C18H23FN2O. The van der Waals surface area contributed by atoms with Crippen LogP contribution in [0.5, 0.6) is 0 Å². The van der Waals surface area contributed by atoms with Gasteiger partial charge in [-0.25, -0.2) is 9.18 Å². The second-order valence-corrected chi connectivity index (χ2v) is 7.71.